The van der Waals surface area contributed by atoms with Gasteiger partial charge in [-0.1, -0.05) is 18.2 Å². The standard InChI is InChI=1S/C27H32O16/c28-7-12-16(32)19(35)21(37)23(42-12)15-18(34)14(11(31)6-3-9-1-4-10(30)5-2-9)24(39)27(41,25(15)40)26-22(38)20(36)17(33)13(8-29)43-26/h1-6,12-13,16-17,19-23,26,28-38,41H,7-8H2/b6-3+,14-11?/t12-,13-,16-,17-,19+,20+,21-,22-,23-,26?,27?/m1/s1. The molecule has 0 amide bonds. The molecule has 11 atom stereocenters. The van der Waals surface area contributed by atoms with E-state index < -0.39 is 114 Å². The maximum atomic E-state index is 13.9. The molecule has 2 fully saturated rings. The number of carbonyl (C=O) groups excluding carboxylic acids is 2. The van der Waals surface area contributed by atoms with E-state index in [0.29, 0.717) is 5.56 Å². The second-order valence-corrected chi connectivity index (χ2v) is 10.4. The Labute approximate surface area is 242 Å². The van der Waals surface area contributed by atoms with E-state index in [-0.39, 0.29) is 5.75 Å². The molecular formula is C27H32O16. The fourth-order valence-electron chi connectivity index (χ4n) is 5.24. The van der Waals surface area contributed by atoms with Crippen molar-refractivity contribution in [2.45, 2.75) is 66.6 Å². The molecule has 3 aliphatic rings. The molecule has 0 bridgehead atoms. The molecule has 2 heterocycles. The van der Waals surface area contributed by atoms with Gasteiger partial charge in [-0.05, 0) is 23.8 Å². The SMILES string of the molecule is O=C1C(=C(O)/C=C/c2ccc(O)cc2)C(O)=C([C@H]2O[C@H](CO)[C@@H](O)[C@H](O)[C@H]2O)C(=O)C1(O)C1O[C@H](CO)[C@@H](O)[C@H](O)[C@H]1O. The third-order valence-electron chi connectivity index (χ3n) is 7.72. The van der Waals surface area contributed by atoms with Crippen LogP contribution in [0.5, 0.6) is 5.75 Å². The van der Waals surface area contributed by atoms with Gasteiger partial charge in [0.25, 0.3) is 0 Å². The minimum atomic E-state index is -3.63. The Kier molecular flexibility index (Phi) is 9.41. The highest BCUT2D eigenvalue weighted by molar-refractivity contribution is 6.28. The summed E-state index contributed by atoms with van der Waals surface area (Å²) in [5, 5.41) is 125. The van der Waals surface area contributed by atoms with E-state index in [1.807, 2.05) is 0 Å². The predicted molar refractivity (Wildman–Crippen MR) is 139 cm³/mol. The van der Waals surface area contributed by atoms with Crippen molar-refractivity contribution in [3.8, 4) is 5.75 Å². The van der Waals surface area contributed by atoms with E-state index in [4.69, 9.17) is 9.47 Å². The highest BCUT2D eigenvalue weighted by Crippen LogP contribution is 2.42. The molecule has 1 aromatic rings. The Balaban J connectivity index is 1.92. The molecule has 0 saturated carbocycles. The Bertz CT molecular complexity index is 1320. The van der Waals surface area contributed by atoms with Crippen molar-refractivity contribution in [3.05, 3.63) is 58.6 Å². The van der Waals surface area contributed by atoms with E-state index in [2.05, 4.69) is 0 Å². The monoisotopic (exact) mass is 612 g/mol. The van der Waals surface area contributed by atoms with Crippen LogP contribution >= 0.6 is 0 Å². The number of hydrogen-bond acceptors (Lipinski definition) is 16. The molecule has 12 N–H and O–H groups in total. The molecule has 2 saturated heterocycles. The molecule has 0 aromatic heterocycles. The number of aliphatic hydroxyl groups is 11. The molecule has 1 aromatic carbocycles. The number of benzene rings is 1. The normalized spacial score (nSPS) is 40.3. The molecule has 2 aliphatic heterocycles. The minimum Gasteiger partial charge on any atom is -0.508 e. The molecule has 0 spiro atoms. The lowest BCUT2D eigenvalue weighted by Crippen LogP contribution is -2.72. The molecule has 43 heavy (non-hydrogen) atoms. The highest BCUT2D eigenvalue weighted by atomic mass is 16.6. The number of aliphatic hydroxyl groups excluding tert-OH is 10. The van der Waals surface area contributed by atoms with Gasteiger partial charge in [-0.2, -0.15) is 0 Å². The number of phenolic OH excluding ortho intramolecular Hbond substituents is 1. The van der Waals surface area contributed by atoms with E-state index in [1.54, 1.807) is 0 Å². The first-order valence-corrected chi connectivity index (χ1v) is 13.0. The van der Waals surface area contributed by atoms with Crippen molar-refractivity contribution < 1.29 is 80.3 Å². The predicted octanol–water partition coefficient (Wildman–Crippen LogP) is -4.40. The van der Waals surface area contributed by atoms with Crippen LogP contribution in [0, 0.1) is 0 Å². The Morgan fingerprint density at radius 3 is 1.86 bits per heavy atom. The van der Waals surface area contributed by atoms with Crippen LogP contribution < -0.4 is 0 Å². The highest BCUT2D eigenvalue weighted by Gasteiger charge is 2.65. The Hall–Kier alpha value is -3.26. The first-order valence-electron chi connectivity index (χ1n) is 13.0. The summed E-state index contributed by atoms with van der Waals surface area (Å²) in [7, 11) is 0. The van der Waals surface area contributed by atoms with Crippen molar-refractivity contribution in [1.82, 2.24) is 0 Å². The van der Waals surface area contributed by atoms with Gasteiger partial charge >= 0.3 is 0 Å². The number of rotatable bonds is 6. The van der Waals surface area contributed by atoms with Gasteiger partial charge in [-0.15, -0.1) is 0 Å². The maximum absolute atomic E-state index is 13.9. The summed E-state index contributed by atoms with van der Waals surface area (Å²) in [6, 6.07) is 5.38. The second-order valence-electron chi connectivity index (χ2n) is 10.4. The van der Waals surface area contributed by atoms with Crippen LogP contribution in [0.15, 0.2) is 53.0 Å². The summed E-state index contributed by atoms with van der Waals surface area (Å²) >= 11 is 0. The third-order valence-corrected chi connectivity index (χ3v) is 7.72. The van der Waals surface area contributed by atoms with Crippen LogP contribution in [0.2, 0.25) is 0 Å². The summed E-state index contributed by atoms with van der Waals surface area (Å²) in [4.78, 5) is 27.6. The maximum Gasteiger partial charge on any atom is 0.219 e. The first-order chi connectivity index (χ1) is 20.2. The van der Waals surface area contributed by atoms with Gasteiger partial charge in [0.1, 0.15) is 83.9 Å². The molecule has 16 heteroatoms. The van der Waals surface area contributed by atoms with Crippen LogP contribution in [-0.2, 0) is 19.1 Å². The second kappa shape index (κ2) is 12.4. The number of ketones is 2. The van der Waals surface area contributed by atoms with Crippen LogP contribution in [-0.4, -0.2) is 153 Å². The average Bonchev–Trinajstić information content (AvgIpc) is 2.98. The largest absolute Gasteiger partial charge is 0.508 e. The van der Waals surface area contributed by atoms with Crippen LogP contribution in [0.3, 0.4) is 0 Å². The minimum absolute atomic E-state index is 0.0879. The molecular weight excluding hydrogens is 580 g/mol. The Morgan fingerprint density at radius 1 is 0.767 bits per heavy atom. The molecule has 4 rings (SSSR count). The fraction of sp³-hybridized carbons (Fsp3) is 0.481. The van der Waals surface area contributed by atoms with Gasteiger partial charge in [0.05, 0.1) is 18.8 Å². The molecule has 236 valence electrons. The summed E-state index contributed by atoms with van der Waals surface area (Å²) in [6.07, 6.45) is -18.7. The summed E-state index contributed by atoms with van der Waals surface area (Å²) in [6.45, 7) is -1.99. The van der Waals surface area contributed by atoms with Crippen molar-refractivity contribution in [3.63, 3.8) is 0 Å². The Morgan fingerprint density at radius 2 is 1.30 bits per heavy atom. The number of Topliss-reactive ketones (excluding diaryl/α,β-unsaturated/α-hetero) is 2. The molecule has 0 radical (unpaired) electrons. The number of hydrogen-bond donors (Lipinski definition) is 12. The van der Waals surface area contributed by atoms with Crippen LogP contribution in [0.4, 0.5) is 0 Å². The van der Waals surface area contributed by atoms with Crippen LogP contribution in [0.25, 0.3) is 6.08 Å². The zero-order chi connectivity index (χ0) is 32.0. The van der Waals surface area contributed by atoms with E-state index in [1.165, 1.54) is 30.3 Å². The van der Waals surface area contributed by atoms with Gasteiger partial charge < -0.3 is 70.8 Å². The number of allylic oxidation sites excluding steroid dienone is 2. The lowest BCUT2D eigenvalue weighted by Gasteiger charge is -2.48. The smallest absolute Gasteiger partial charge is 0.219 e. The fourth-order valence-corrected chi connectivity index (χ4v) is 5.24. The summed E-state index contributed by atoms with van der Waals surface area (Å²) < 4.78 is 10.6. The van der Waals surface area contributed by atoms with Gasteiger partial charge in [0.2, 0.25) is 17.2 Å². The summed E-state index contributed by atoms with van der Waals surface area (Å²) in [5.41, 5.74) is -5.62. The quantitative estimate of drug-likeness (QED) is 0.0820. The number of phenols is 1. The zero-order valence-corrected chi connectivity index (χ0v) is 22.2. The van der Waals surface area contributed by atoms with E-state index in [0.717, 1.165) is 6.08 Å². The molecule has 16 nitrogen and oxygen atoms in total. The van der Waals surface area contributed by atoms with Crippen LogP contribution in [0.1, 0.15) is 5.56 Å². The van der Waals surface area contributed by atoms with Gasteiger partial charge in [0, 0.05) is 0 Å². The van der Waals surface area contributed by atoms with Crippen molar-refractivity contribution >= 4 is 17.6 Å². The molecule has 2 unspecified atom stereocenters. The van der Waals surface area contributed by atoms with Crippen molar-refractivity contribution in [1.29, 1.82) is 0 Å². The topological polar surface area (TPSA) is 295 Å². The summed E-state index contributed by atoms with van der Waals surface area (Å²) in [5.74, 6) is -6.12. The van der Waals surface area contributed by atoms with Gasteiger partial charge in [0.15, 0.2) is 0 Å². The third kappa shape index (κ3) is 5.47. The zero-order valence-electron chi connectivity index (χ0n) is 22.2. The van der Waals surface area contributed by atoms with E-state index in [9.17, 15) is 70.9 Å². The lowest BCUT2D eigenvalue weighted by atomic mass is 9.69. The van der Waals surface area contributed by atoms with E-state index >= 15 is 0 Å². The number of carbonyl (C=O) groups is 2. The number of ether oxygens (including phenoxy) is 2. The lowest BCUT2D eigenvalue weighted by molar-refractivity contribution is -0.261. The van der Waals surface area contributed by atoms with Gasteiger partial charge in [-0.25, -0.2) is 0 Å². The average molecular weight is 613 g/mol. The number of aromatic hydroxyl groups is 1. The van der Waals surface area contributed by atoms with Crippen molar-refractivity contribution in [2.24, 2.45) is 0 Å². The molecule has 1 aliphatic carbocycles. The van der Waals surface area contributed by atoms with Gasteiger partial charge in [-0.3, -0.25) is 9.59 Å². The van der Waals surface area contributed by atoms with Crippen molar-refractivity contribution in [2.75, 3.05) is 13.2 Å². The first kappa shape index (κ1) is 32.6.